The van der Waals surface area contributed by atoms with Crippen LogP contribution in [-0.2, 0) is 33.4 Å². The molecule has 1 aliphatic rings. The van der Waals surface area contributed by atoms with Crippen molar-refractivity contribution in [3.05, 3.63) is 0 Å². The van der Waals surface area contributed by atoms with Crippen LogP contribution in [0.5, 0.6) is 0 Å². The average Bonchev–Trinajstić information content (AvgIpc) is 2.82. The van der Waals surface area contributed by atoms with Gasteiger partial charge in [0, 0.05) is 11.8 Å². The maximum atomic E-state index is 12.9. The van der Waals surface area contributed by atoms with Crippen LogP contribution in [0.2, 0.25) is 0 Å². The molecule has 1 unspecified atom stereocenters. The molecule has 0 saturated heterocycles. The van der Waals surface area contributed by atoms with Crippen molar-refractivity contribution in [2.45, 2.75) is 83.7 Å². The van der Waals surface area contributed by atoms with Gasteiger partial charge in [0.2, 0.25) is 11.8 Å². The van der Waals surface area contributed by atoms with Gasteiger partial charge in [-0.2, -0.15) is 0 Å². The van der Waals surface area contributed by atoms with Crippen LogP contribution in [0.3, 0.4) is 0 Å². The number of esters is 2. The van der Waals surface area contributed by atoms with E-state index in [0.29, 0.717) is 25.7 Å². The molecule has 0 spiro atoms. The molecule has 0 radical (unpaired) electrons. The second-order valence-corrected chi connectivity index (χ2v) is 8.59. The number of unbranched alkanes of at least 4 members (excludes halogenated alkanes) is 2. The molecule has 0 aromatic carbocycles. The summed E-state index contributed by atoms with van der Waals surface area (Å²) < 4.78 is 9.54. The molecule has 5 atom stereocenters. The van der Waals surface area contributed by atoms with Gasteiger partial charge < -0.3 is 25.2 Å². The largest absolute Gasteiger partial charge is 0.481 e. The van der Waals surface area contributed by atoms with E-state index in [2.05, 4.69) is 10.6 Å². The van der Waals surface area contributed by atoms with Crippen molar-refractivity contribution in [2.24, 2.45) is 17.8 Å². The molecule has 1 aliphatic carbocycles. The third-order valence-corrected chi connectivity index (χ3v) is 6.10. The minimum absolute atomic E-state index is 0.0723. The maximum Gasteiger partial charge on any atom is 0.328 e. The van der Waals surface area contributed by atoms with Crippen molar-refractivity contribution >= 4 is 29.7 Å². The monoisotopic (exact) mass is 470 g/mol. The number of carboxylic acid groups (broad SMARTS) is 1. The fraction of sp³-hybridized carbons (Fsp3) is 0.783. The van der Waals surface area contributed by atoms with Gasteiger partial charge in [-0.1, -0.05) is 39.5 Å². The molecule has 1 fully saturated rings. The lowest BCUT2D eigenvalue weighted by atomic mass is 9.74. The Morgan fingerprint density at radius 1 is 0.758 bits per heavy atom. The molecule has 3 N–H and O–H groups in total. The van der Waals surface area contributed by atoms with Gasteiger partial charge in [0.05, 0.1) is 20.1 Å². The lowest BCUT2D eigenvalue weighted by Gasteiger charge is -2.33. The molecule has 188 valence electrons. The first-order valence-corrected chi connectivity index (χ1v) is 11.7. The second kappa shape index (κ2) is 14.5. The molecule has 10 heteroatoms. The number of ether oxygens (including phenoxy) is 2. The van der Waals surface area contributed by atoms with E-state index in [1.54, 1.807) is 0 Å². The van der Waals surface area contributed by atoms with Crippen molar-refractivity contribution in [3.63, 3.8) is 0 Å². The minimum atomic E-state index is -1.09. The third-order valence-electron chi connectivity index (χ3n) is 6.10. The van der Waals surface area contributed by atoms with Crippen LogP contribution in [0.4, 0.5) is 0 Å². The Bertz CT molecular complexity index is 646. The smallest absolute Gasteiger partial charge is 0.328 e. The summed E-state index contributed by atoms with van der Waals surface area (Å²) in [7, 11) is 2.48. The summed E-state index contributed by atoms with van der Waals surface area (Å²) in [6.45, 7) is 3.92. The van der Waals surface area contributed by atoms with Gasteiger partial charge in [-0.3, -0.25) is 14.4 Å². The molecular formula is C23H38N2O8. The molecule has 0 aromatic heterocycles. The normalized spacial score (nSPS) is 21.9. The minimum Gasteiger partial charge on any atom is -0.481 e. The number of hydrogen-bond donors (Lipinski definition) is 3. The Hall–Kier alpha value is -2.65. The van der Waals surface area contributed by atoms with Crippen LogP contribution >= 0.6 is 0 Å². The Morgan fingerprint density at radius 3 is 1.42 bits per heavy atom. The van der Waals surface area contributed by atoms with E-state index < -0.39 is 59.6 Å². The number of nitrogens with one attached hydrogen (secondary N) is 2. The van der Waals surface area contributed by atoms with E-state index in [4.69, 9.17) is 9.47 Å². The summed E-state index contributed by atoms with van der Waals surface area (Å²) in [5.41, 5.74) is 0. The number of carbonyl (C=O) groups excluding carboxylic acids is 4. The molecule has 0 heterocycles. The van der Waals surface area contributed by atoms with Gasteiger partial charge in [-0.15, -0.1) is 0 Å². The van der Waals surface area contributed by atoms with Crippen LogP contribution < -0.4 is 10.6 Å². The summed E-state index contributed by atoms with van der Waals surface area (Å²) in [6, 6.07) is -1.64. The standard InChI is InChI=1S/C23H38N2O8/c1-5-7-9-17(22(30)32-3)24-19(26)14-11-15(13-16(12-14)21(28)29)20(27)25-18(10-8-6-2)23(31)33-4/h14-18H,5-13H2,1-4H3,(H,24,26)(H,25,27)(H,28,29)/t14-,15+,16?,17-,18-/m0/s1. The van der Waals surface area contributed by atoms with Gasteiger partial charge in [0.25, 0.3) is 0 Å². The predicted octanol–water partition coefficient (Wildman–Crippen LogP) is 1.80. The number of carboxylic acids is 1. The molecule has 0 bridgehead atoms. The summed E-state index contributed by atoms with van der Waals surface area (Å²) in [6.07, 6.45) is 4.17. The fourth-order valence-corrected chi connectivity index (χ4v) is 4.13. The zero-order valence-electron chi connectivity index (χ0n) is 20.1. The molecule has 33 heavy (non-hydrogen) atoms. The Kier molecular flexibility index (Phi) is 12.5. The van der Waals surface area contributed by atoms with Crippen LogP contribution in [0.25, 0.3) is 0 Å². The van der Waals surface area contributed by atoms with Crippen LogP contribution in [0, 0.1) is 17.8 Å². The first kappa shape index (κ1) is 28.4. The molecule has 2 amide bonds. The first-order chi connectivity index (χ1) is 15.7. The Balaban J connectivity index is 2.95. The highest BCUT2D eigenvalue weighted by molar-refractivity contribution is 5.89. The number of aliphatic carboxylic acids is 1. The zero-order valence-corrected chi connectivity index (χ0v) is 20.1. The van der Waals surface area contributed by atoms with Crippen LogP contribution in [-0.4, -0.2) is 61.1 Å². The van der Waals surface area contributed by atoms with E-state index >= 15 is 0 Å². The average molecular weight is 471 g/mol. The highest BCUT2D eigenvalue weighted by atomic mass is 16.5. The number of hydrogen-bond acceptors (Lipinski definition) is 7. The Labute approximate surface area is 195 Å². The SMILES string of the molecule is CCCC[C@H](NC(=O)[C@@H]1CC(C(=O)O)C[C@H](C(=O)N[C@@H](CCCC)C(=O)OC)C1)C(=O)OC. The van der Waals surface area contributed by atoms with Crippen molar-refractivity contribution in [1.82, 2.24) is 10.6 Å². The highest BCUT2D eigenvalue weighted by Crippen LogP contribution is 2.34. The third kappa shape index (κ3) is 9.01. The molecular weight excluding hydrogens is 432 g/mol. The summed E-state index contributed by atoms with van der Waals surface area (Å²) in [5.74, 6) is -5.54. The van der Waals surface area contributed by atoms with Gasteiger partial charge >= 0.3 is 17.9 Å². The summed E-state index contributed by atoms with van der Waals surface area (Å²) in [4.78, 5) is 61.7. The highest BCUT2D eigenvalue weighted by Gasteiger charge is 2.40. The van der Waals surface area contributed by atoms with Gasteiger partial charge in [-0.25, -0.2) is 9.59 Å². The van der Waals surface area contributed by atoms with Crippen molar-refractivity contribution in [2.75, 3.05) is 14.2 Å². The summed E-state index contributed by atoms with van der Waals surface area (Å²) in [5, 5.41) is 14.9. The number of amides is 2. The molecule has 1 saturated carbocycles. The zero-order chi connectivity index (χ0) is 25.0. The number of carbonyl (C=O) groups is 5. The van der Waals surface area contributed by atoms with E-state index in [9.17, 15) is 29.1 Å². The molecule has 10 nitrogen and oxygen atoms in total. The van der Waals surface area contributed by atoms with E-state index in [0.717, 1.165) is 12.8 Å². The number of rotatable bonds is 13. The lowest BCUT2D eigenvalue weighted by molar-refractivity contribution is -0.150. The van der Waals surface area contributed by atoms with Crippen LogP contribution in [0.15, 0.2) is 0 Å². The second-order valence-electron chi connectivity index (χ2n) is 8.59. The van der Waals surface area contributed by atoms with Gasteiger partial charge in [0.15, 0.2) is 0 Å². The Morgan fingerprint density at radius 2 is 1.12 bits per heavy atom. The van der Waals surface area contributed by atoms with Crippen molar-refractivity contribution < 1.29 is 38.6 Å². The van der Waals surface area contributed by atoms with Gasteiger partial charge in [-0.05, 0) is 32.1 Å². The number of methoxy groups -OCH3 is 2. The van der Waals surface area contributed by atoms with Crippen LogP contribution in [0.1, 0.15) is 71.6 Å². The van der Waals surface area contributed by atoms with E-state index in [-0.39, 0.29) is 19.3 Å². The fourth-order valence-electron chi connectivity index (χ4n) is 4.13. The lowest BCUT2D eigenvalue weighted by Crippen LogP contribution is -2.49. The maximum absolute atomic E-state index is 12.9. The van der Waals surface area contributed by atoms with Crippen molar-refractivity contribution in [1.29, 1.82) is 0 Å². The summed E-state index contributed by atoms with van der Waals surface area (Å²) >= 11 is 0. The van der Waals surface area contributed by atoms with Crippen molar-refractivity contribution in [3.8, 4) is 0 Å². The quantitative estimate of drug-likeness (QED) is 0.345. The molecule has 0 aliphatic heterocycles. The van der Waals surface area contributed by atoms with Gasteiger partial charge in [0.1, 0.15) is 12.1 Å². The molecule has 0 aromatic rings. The first-order valence-electron chi connectivity index (χ1n) is 11.7. The molecule has 1 rings (SSSR count). The van der Waals surface area contributed by atoms with E-state index in [1.165, 1.54) is 14.2 Å². The predicted molar refractivity (Wildman–Crippen MR) is 119 cm³/mol. The van der Waals surface area contributed by atoms with E-state index in [1.807, 2.05) is 13.8 Å². The topological polar surface area (TPSA) is 148 Å².